The van der Waals surface area contributed by atoms with Crippen molar-refractivity contribution in [3.05, 3.63) is 69.5 Å². The minimum Gasteiger partial charge on any atom is -0.381 e. The van der Waals surface area contributed by atoms with Gasteiger partial charge in [-0.3, -0.25) is 10.1 Å². The normalized spacial score (nSPS) is 10.2. The molecular weight excluding hydrogens is 247 g/mol. The molecule has 0 radical (unpaired) electrons. The highest BCUT2D eigenvalue weighted by Crippen LogP contribution is 2.18. The molecule has 98 valence electrons. The molecule has 0 amide bonds. The van der Waals surface area contributed by atoms with Crippen LogP contribution in [-0.2, 0) is 6.54 Å². The molecule has 2 aromatic rings. The van der Waals surface area contributed by atoms with Crippen LogP contribution >= 0.6 is 0 Å². The molecule has 0 aliphatic rings. The number of hydrogen-bond donors (Lipinski definition) is 1. The summed E-state index contributed by atoms with van der Waals surface area (Å²) >= 11 is 0. The third-order valence-corrected chi connectivity index (χ3v) is 2.80. The predicted molar refractivity (Wildman–Crippen MR) is 71.6 cm³/mol. The van der Waals surface area contributed by atoms with Crippen LogP contribution in [0.1, 0.15) is 11.1 Å². The fourth-order valence-electron chi connectivity index (χ4n) is 1.76. The molecule has 0 unspecified atom stereocenters. The number of nitro benzene ring substituents is 1. The second kappa shape index (κ2) is 5.48. The maximum atomic E-state index is 13.1. The smallest absolute Gasteiger partial charge is 0.269 e. The van der Waals surface area contributed by atoms with Crippen LogP contribution in [0.2, 0.25) is 0 Å². The van der Waals surface area contributed by atoms with Crippen LogP contribution in [0.15, 0.2) is 42.5 Å². The van der Waals surface area contributed by atoms with Crippen molar-refractivity contribution in [1.29, 1.82) is 0 Å². The number of aryl methyl sites for hydroxylation is 1. The number of benzene rings is 2. The van der Waals surface area contributed by atoms with Crippen LogP contribution in [0.25, 0.3) is 0 Å². The summed E-state index contributed by atoms with van der Waals surface area (Å²) in [6, 6.07) is 10.9. The van der Waals surface area contributed by atoms with E-state index in [-0.39, 0.29) is 11.5 Å². The van der Waals surface area contributed by atoms with Crippen molar-refractivity contribution >= 4 is 11.4 Å². The molecule has 5 heteroatoms. The molecule has 4 nitrogen and oxygen atoms in total. The van der Waals surface area contributed by atoms with Crippen LogP contribution in [0.5, 0.6) is 0 Å². The highest BCUT2D eigenvalue weighted by Gasteiger charge is 2.06. The minimum absolute atomic E-state index is 0.0512. The Kier molecular flexibility index (Phi) is 3.75. The molecule has 2 aromatic carbocycles. The van der Waals surface area contributed by atoms with Crippen LogP contribution in [0, 0.1) is 22.9 Å². The molecule has 19 heavy (non-hydrogen) atoms. The van der Waals surface area contributed by atoms with E-state index in [9.17, 15) is 14.5 Å². The molecule has 0 bridgehead atoms. The Morgan fingerprint density at radius 1 is 1.26 bits per heavy atom. The molecule has 1 N–H and O–H groups in total. The Hall–Kier alpha value is -2.43. The van der Waals surface area contributed by atoms with Gasteiger partial charge in [0.25, 0.3) is 5.69 Å². The molecule has 0 aliphatic heterocycles. The molecule has 0 spiro atoms. The van der Waals surface area contributed by atoms with E-state index in [0.29, 0.717) is 12.2 Å². The summed E-state index contributed by atoms with van der Waals surface area (Å²) in [6.07, 6.45) is 0. The van der Waals surface area contributed by atoms with Gasteiger partial charge in [0.2, 0.25) is 0 Å². The van der Waals surface area contributed by atoms with E-state index in [0.717, 1.165) is 11.1 Å². The third-order valence-electron chi connectivity index (χ3n) is 2.80. The minimum atomic E-state index is -0.434. The van der Waals surface area contributed by atoms with E-state index in [1.54, 1.807) is 18.2 Å². The monoisotopic (exact) mass is 260 g/mol. The van der Waals surface area contributed by atoms with E-state index in [1.807, 2.05) is 6.92 Å². The Morgan fingerprint density at radius 2 is 2.05 bits per heavy atom. The first-order valence-corrected chi connectivity index (χ1v) is 5.79. The zero-order valence-electron chi connectivity index (χ0n) is 10.4. The van der Waals surface area contributed by atoms with Crippen molar-refractivity contribution in [3.63, 3.8) is 0 Å². The summed E-state index contributed by atoms with van der Waals surface area (Å²) in [5.41, 5.74) is 2.44. The second-order valence-corrected chi connectivity index (χ2v) is 4.24. The topological polar surface area (TPSA) is 55.2 Å². The van der Waals surface area contributed by atoms with Gasteiger partial charge in [-0.2, -0.15) is 0 Å². The van der Waals surface area contributed by atoms with Crippen molar-refractivity contribution in [1.82, 2.24) is 0 Å². The first-order valence-electron chi connectivity index (χ1n) is 5.79. The molecule has 0 saturated heterocycles. The highest BCUT2D eigenvalue weighted by atomic mass is 19.1. The molecule has 0 aromatic heterocycles. The predicted octanol–water partition coefficient (Wildman–Crippen LogP) is 3.65. The molecule has 2 rings (SSSR count). The van der Waals surface area contributed by atoms with Crippen molar-refractivity contribution in [2.75, 3.05) is 5.32 Å². The molecule has 0 atom stereocenters. The number of halogens is 1. The van der Waals surface area contributed by atoms with E-state index in [1.165, 1.54) is 24.3 Å². The van der Waals surface area contributed by atoms with Gasteiger partial charge < -0.3 is 5.32 Å². The maximum absolute atomic E-state index is 13.1. The summed E-state index contributed by atoms with van der Waals surface area (Å²) < 4.78 is 13.1. The number of rotatable bonds is 4. The molecule has 0 heterocycles. The summed E-state index contributed by atoms with van der Waals surface area (Å²) in [7, 11) is 0. The highest BCUT2D eigenvalue weighted by molar-refractivity contribution is 5.51. The second-order valence-electron chi connectivity index (χ2n) is 4.24. The molecule has 0 aliphatic carbocycles. The largest absolute Gasteiger partial charge is 0.381 e. The number of nitrogens with zero attached hydrogens (tertiary/aromatic N) is 1. The summed E-state index contributed by atoms with van der Waals surface area (Å²) in [5, 5.41) is 13.7. The lowest BCUT2D eigenvalue weighted by Gasteiger charge is -2.09. The number of nitrogens with one attached hydrogen (secondary N) is 1. The van der Waals surface area contributed by atoms with Gasteiger partial charge in [-0.25, -0.2) is 4.39 Å². The lowest BCUT2D eigenvalue weighted by atomic mass is 10.1. The summed E-state index contributed by atoms with van der Waals surface area (Å²) in [4.78, 5) is 10.2. The quantitative estimate of drug-likeness (QED) is 0.674. The van der Waals surface area contributed by atoms with Crippen LogP contribution in [-0.4, -0.2) is 4.92 Å². The van der Waals surface area contributed by atoms with Gasteiger partial charge in [0, 0.05) is 24.4 Å². The van der Waals surface area contributed by atoms with Crippen LogP contribution in [0.3, 0.4) is 0 Å². The standard InChI is InChI=1S/C14H13FN2O2/c1-10-5-6-12(15)8-14(10)16-9-11-3-2-4-13(7-11)17(18)19/h2-8,16H,9H2,1H3. The molecule has 0 saturated carbocycles. The lowest BCUT2D eigenvalue weighted by Crippen LogP contribution is -2.02. The number of nitro groups is 1. The summed E-state index contributed by atoms with van der Waals surface area (Å²) in [5.74, 6) is -0.313. The van der Waals surface area contributed by atoms with E-state index >= 15 is 0 Å². The Morgan fingerprint density at radius 3 is 2.79 bits per heavy atom. The molecular formula is C14H13FN2O2. The number of non-ortho nitro benzene ring substituents is 1. The fourth-order valence-corrected chi connectivity index (χ4v) is 1.76. The van der Waals surface area contributed by atoms with Crippen molar-refractivity contribution in [2.45, 2.75) is 13.5 Å². The van der Waals surface area contributed by atoms with Crippen molar-refractivity contribution in [2.24, 2.45) is 0 Å². The first-order chi connectivity index (χ1) is 9.06. The number of hydrogen-bond acceptors (Lipinski definition) is 3. The zero-order chi connectivity index (χ0) is 13.8. The van der Waals surface area contributed by atoms with E-state index in [2.05, 4.69) is 5.32 Å². The Labute approximate surface area is 110 Å². The van der Waals surface area contributed by atoms with Gasteiger partial charge >= 0.3 is 0 Å². The van der Waals surface area contributed by atoms with Crippen molar-refractivity contribution in [3.8, 4) is 0 Å². The van der Waals surface area contributed by atoms with Crippen molar-refractivity contribution < 1.29 is 9.31 Å². The van der Waals surface area contributed by atoms with Gasteiger partial charge in [0.05, 0.1) is 4.92 Å². The Balaban J connectivity index is 2.12. The molecule has 0 fully saturated rings. The van der Waals surface area contributed by atoms with E-state index < -0.39 is 4.92 Å². The zero-order valence-corrected chi connectivity index (χ0v) is 10.4. The summed E-state index contributed by atoms with van der Waals surface area (Å²) in [6.45, 7) is 2.28. The Bertz CT molecular complexity index is 614. The van der Waals surface area contributed by atoms with Gasteiger partial charge in [-0.05, 0) is 30.2 Å². The van der Waals surface area contributed by atoms with Crippen LogP contribution < -0.4 is 5.32 Å². The van der Waals surface area contributed by atoms with Crippen LogP contribution in [0.4, 0.5) is 15.8 Å². The van der Waals surface area contributed by atoms with E-state index in [4.69, 9.17) is 0 Å². The van der Waals surface area contributed by atoms with Gasteiger partial charge in [-0.15, -0.1) is 0 Å². The lowest BCUT2D eigenvalue weighted by molar-refractivity contribution is -0.384. The average molecular weight is 260 g/mol. The first kappa shape index (κ1) is 13.0. The van der Waals surface area contributed by atoms with Gasteiger partial charge in [-0.1, -0.05) is 18.2 Å². The fraction of sp³-hybridized carbons (Fsp3) is 0.143. The number of anilines is 1. The third kappa shape index (κ3) is 3.28. The SMILES string of the molecule is Cc1ccc(F)cc1NCc1cccc([N+](=O)[O-])c1. The average Bonchev–Trinajstić information content (AvgIpc) is 2.40. The van der Waals surface area contributed by atoms with Gasteiger partial charge in [0.15, 0.2) is 0 Å². The van der Waals surface area contributed by atoms with Gasteiger partial charge in [0.1, 0.15) is 5.82 Å². The maximum Gasteiger partial charge on any atom is 0.269 e.